The van der Waals surface area contributed by atoms with Crippen LogP contribution < -0.4 is 11.1 Å². The van der Waals surface area contributed by atoms with Crippen LogP contribution in [0.15, 0.2) is 115 Å². The summed E-state index contributed by atoms with van der Waals surface area (Å²) < 4.78 is 0. The standard InChI is InChI=1S/C40H48N4O3/c1-5-40(2,41)25-14-21-37(45)43(3)36(29-32-22-23-33-19-12-13-20-34(33)27-32)39(47)44(4)35(28-31-17-10-7-11-18-31)38(46)42-26-24-30-15-8-6-9-16-30/h6-23,27,35-36H,5,24-26,28-29,41H2,1-4H3,(H,42,46)/b21-14+/t35?,36-,40?/m1/s1. The van der Waals surface area contributed by atoms with Gasteiger partial charge in [0.2, 0.25) is 17.7 Å². The number of rotatable bonds is 15. The van der Waals surface area contributed by atoms with E-state index in [4.69, 9.17) is 5.73 Å². The van der Waals surface area contributed by atoms with E-state index in [1.54, 1.807) is 20.2 Å². The van der Waals surface area contributed by atoms with Gasteiger partial charge in [-0.25, -0.2) is 0 Å². The topological polar surface area (TPSA) is 95.7 Å². The Bertz CT molecular complexity index is 1650. The zero-order valence-corrected chi connectivity index (χ0v) is 28.1. The molecule has 4 aromatic rings. The first-order chi connectivity index (χ1) is 22.6. The van der Waals surface area contributed by atoms with Crippen LogP contribution in [0.4, 0.5) is 0 Å². The number of fused-ring (bicyclic) bond motifs is 1. The highest BCUT2D eigenvalue weighted by Gasteiger charge is 2.34. The van der Waals surface area contributed by atoms with Crippen molar-refractivity contribution in [2.24, 2.45) is 5.73 Å². The highest BCUT2D eigenvalue weighted by molar-refractivity contribution is 5.95. The molecule has 0 fully saturated rings. The van der Waals surface area contributed by atoms with E-state index < -0.39 is 17.6 Å². The van der Waals surface area contributed by atoms with Gasteiger partial charge in [-0.3, -0.25) is 14.4 Å². The fraction of sp³-hybridized carbons (Fsp3) is 0.325. The summed E-state index contributed by atoms with van der Waals surface area (Å²) in [7, 11) is 3.31. The summed E-state index contributed by atoms with van der Waals surface area (Å²) in [6.07, 6.45) is 5.89. The van der Waals surface area contributed by atoms with Crippen LogP contribution >= 0.6 is 0 Å². The number of nitrogens with one attached hydrogen (secondary N) is 1. The van der Waals surface area contributed by atoms with Crippen molar-refractivity contribution >= 4 is 28.5 Å². The molecule has 3 N–H and O–H groups in total. The Balaban J connectivity index is 1.61. The summed E-state index contributed by atoms with van der Waals surface area (Å²) in [6.45, 7) is 4.40. The largest absolute Gasteiger partial charge is 0.354 e. The molecule has 7 nitrogen and oxygen atoms in total. The number of likely N-dealkylation sites (N-methyl/N-ethyl adjacent to an activating group) is 2. The number of carbonyl (C=O) groups excluding carboxylic acids is 3. The minimum absolute atomic E-state index is 0.235. The third-order valence-corrected chi connectivity index (χ3v) is 8.94. The predicted octanol–water partition coefficient (Wildman–Crippen LogP) is 5.71. The van der Waals surface area contributed by atoms with Crippen molar-refractivity contribution < 1.29 is 14.4 Å². The highest BCUT2D eigenvalue weighted by Crippen LogP contribution is 2.20. The second-order valence-corrected chi connectivity index (χ2v) is 12.6. The molecule has 0 saturated heterocycles. The van der Waals surface area contributed by atoms with Gasteiger partial charge in [-0.1, -0.05) is 116 Å². The molecule has 0 aliphatic heterocycles. The molecule has 4 aromatic carbocycles. The fourth-order valence-electron chi connectivity index (χ4n) is 5.55. The predicted molar refractivity (Wildman–Crippen MR) is 191 cm³/mol. The monoisotopic (exact) mass is 632 g/mol. The number of amides is 3. The van der Waals surface area contributed by atoms with E-state index in [1.165, 1.54) is 15.9 Å². The second kappa shape index (κ2) is 16.7. The van der Waals surface area contributed by atoms with Gasteiger partial charge >= 0.3 is 0 Å². The number of hydrogen-bond acceptors (Lipinski definition) is 4. The van der Waals surface area contributed by atoms with Crippen molar-refractivity contribution in [3.8, 4) is 0 Å². The van der Waals surface area contributed by atoms with Crippen molar-refractivity contribution in [2.75, 3.05) is 20.6 Å². The number of benzene rings is 4. The normalized spacial score (nSPS) is 13.9. The molecule has 0 aromatic heterocycles. The van der Waals surface area contributed by atoms with Crippen molar-refractivity contribution in [1.29, 1.82) is 0 Å². The van der Waals surface area contributed by atoms with Gasteiger partial charge in [0.05, 0.1) is 0 Å². The van der Waals surface area contributed by atoms with Gasteiger partial charge < -0.3 is 20.9 Å². The number of nitrogens with zero attached hydrogens (tertiary/aromatic N) is 2. The lowest BCUT2D eigenvalue weighted by Gasteiger charge is -2.34. The first-order valence-electron chi connectivity index (χ1n) is 16.4. The van der Waals surface area contributed by atoms with E-state index in [9.17, 15) is 14.4 Å². The fourth-order valence-corrected chi connectivity index (χ4v) is 5.55. The van der Waals surface area contributed by atoms with Gasteiger partial charge in [0.25, 0.3) is 0 Å². The first kappa shape index (κ1) is 35.1. The van der Waals surface area contributed by atoms with E-state index >= 15 is 0 Å². The minimum Gasteiger partial charge on any atom is -0.354 e. The van der Waals surface area contributed by atoms with Crippen molar-refractivity contribution in [1.82, 2.24) is 15.1 Å². The molecule has 246 valence electrons. The number of carbonyl (C=O) groups is 3. The number of hydrogen-bond donors (Lipinski definition) is 2. The molecule has 0 radical (unpaired) electrons. The molecule has 3 atom stereocenters. The van der Waals surface area contributed by atoms with Crippen LogP contribution in [0.2, 0.25) is 0 Å². The maximum atomic E-state index is 14.5. The van der Waals surface area contributed by atoms with E-state index in [1.807, 2.05) is 111 Å². The molecular weight excluding hydrogens is 584 g/mol. The SMILES string of the molecule is CCC(C)(N)C/C=C/C(=O)N(C)[C@H](Cc1ccc2ccccc2c1)C(=O)N(C)C(Cc1ccccc1)C(=O)NCCc1ccccc1. The molecule has 0 heterocycles. The molecule has 47 heavy (non-hydrogen) atoms. The zero-order valence-electron chi connectivity index (χ0n) is 28.1. The van der Waals surface area contributed by atoms with E-state index in [0.29, 0.717) is 32.2 Å². The van der Waals surface area contributed by atoms with Gasteiger partial charge in [-0.05, 0) is 59.7 Å². The molecule has 7 heteroatoms. The van der Waals surface area contributed by atoms with Crippen LogP contribution in [0.1, 0.15) is 43.4 Å². The molecule has 0 bridgehead atoms. The Hall–Kier alpha value is -4.75. The van der Waals surface area contributed by atoms with E-state index in [2.05, 4.69) is 11.4 Å². The van der Waals surface area contributed by atoms with Crippen molar-refractivity contribution in [2.45, 2.75) is 63.6 Å². The van der Waals surface area contributed by atoms with Crippen LogP contribution in [-0.2, 0) is 33.6 Å². The maximum Gasteiger partial charge on any atom is 0.246 e. The summed E-state index contributed by atoms with van der Waals surface area (Å²) >= 11 is 0. The Labute approximate surface area is 279 Å². The third kappa shape index (κ3) is 10.1. The van der Waals surface area contributed by atoms with Crippen molar-refractivity contribution in [3.05, 3.63) is 132 Å². The van der Waals surface area contributed by atoms with Gasteiger partial charge in [-0.2, -0.15) is 0 Å². The first-order valence-corrected chi connectivity index (χ1v) is 16.4. The quantitative estimate of drug-likeness (QED) is 0.164. The molecule has 4 rings (SSSR count). The number of nitrogens with two attached hydrogens (primary N) is 1. The average Bonchev–Trinajstić information content (AvgIpc) is 3.09. The molecule has 0 spiro atoms. The lowest BCUT2D eigenvalue weighted by Crippen LogP contribution is -2.56. The minimum atomic E-state index is -0.843. The Kier molecular flexibility index (Phi) is 12.5. The van der Waals surface area contributed by atoms with Crippen LogP contribution in [0.5, 0.6) is 0 Å². The summed E-state index contributed by atoms with van der Waals surface area (Å²) in [4.78, 5) is 44.7. The van der Waals surface area contributed by atoms with E-state index in [0.717, 1.165) is 33.9 Å². The average molecular weight is 633 g/mol. The van der Waals surface area contributed by atoms with Crippen LogP contribution in [0.25, 0.3) is 10.8 Å². The summed E-state index contributed by atoms with van der Waals surface area (Å²) in [5.74, 6) is -0.837. The van der Waals surface area contributed by atoms with Crippen LogP contribution in [0.3, 0.4) is 0 Å². The Morgan fingerprint density at radius 2 is 1.36 bits per heavy atom. The summed E-state index contributed by atoms with van der Waals surface area (Å²) in [5, 5.41) is 5.21. The molecule has 0 saturated carbocycles. The maximum absolute atomic E-state index is 14.5. The van der Waals surface area contributed by atoms with Crippen LogP contribution in [-0.4, -0.2) is 65.8 Å². The van der Waals surface area contributed by atoms with Gasteiger partial charge in [0.1, 0.15) is 12.1 Å². The zero-order chi connectivity index (χ0) is 33.8. The second-order valence-electron chi connectivity index (χ2n) is 12.6. The lowest BCUT2D eigenvalue weighted by molar-refractivity contribution is -0.146. The Morgan fingerprint density at radius 1 is 0.766 bits per heavy atom. The smallest absolute Gasteiger partial charge is 0.246 e. The molecule has 3 amide bonds. The summed E-state index contributed by atoms with van der Waals surface area (Å²) in [6, 6.07) is 32.2. The third-order valence-electron chi connectivity index (χ3n) is 8.94. The van der Waals surface area contributed by atoms with Gasteiger partial charge in [0, 0.05) is 39.0 Å². The van der Waals surface area contributed by atoms with Crippen molar-refractivity contribution in [3.63, 3.8) is 0 Å². The van der Waals surface area contributed by atoms with Crippen LogP contribution in [0, 0.1) is 0 Å². The molecule has 0 aliphatic carbocycles. The van der Waals surface area contributed by atoms with E-state index in [-0.39, 0.29) is 17.7 Å². The Morgan fingerprint density at radius 3 is 2.02 bits per heavy atom. The van der Waals surface area contributed by atoms with Gasteiger partial charge in [-0.15, -0.1) is 0 Å². The molecular formula is C40H48N4O3. The van der Waals surface area contributed by atoms with Gasteiger partial charge in [0.15, 0.2) is 0 Å². The summed E-state index contributed by atoms with van der Waals surface area (Å²) in [5.41, 5.74) is 8.85. The molecule has 0 aliphatic rings. The lowest BCUT2D eigenvalue weighted by atomic mass is 9.96. The highest BCUT2D eigenvalue weighted by atomic mass is 16.2. The molecule has 2 unspecified atom stereocenters.